The van der Waals surface area contributed by atoms with Gasteiger partial charge in [-0.2, -0.15) is 5.10 Å². The van der Waals surface area contributed by atoms with Crippen molar-refractivity contribution in [2.75, 3.05) is 19.6 Å². The molecular weight excluding hydrogens is 364 g/mol. The van der Waals surface area contributed by atoms with Crippen LogP contribution in [0, 0.1) is 11.4 Å². The van der Waals surface area contributed by atoms with E-state index in [1.807, 2.05) is 18.5 Å². The number of aromatic amines is 1. The van der Waals surface area contributed by atoms with Gasteiger partial charge in [-0.15, -0.1) is 0 Å². The fourth-order valence-electron chi connectivity index (χ4n) is 3.67. The molecule has 1 atom stereocenters. The Bertz CT molecular complexity index is 1160. The van der Waals surface area contributed by atoms with Gasteiger partial charge in [0.2, 0.25) is 6.54 Å². The number of fused-ring (bicyclic) bond motifs is 1. The van der Waals surface area contributed by atoms with Crippen molar-refractivity contribution in [1.29, 1.82) is 4.78 Å². The molecule has 0 amide bonds. The molecule has 10 heteroatoms. The minimum Gasteiger partial charge on any atom is -0.346 e. The van der Waals surface area contributed by atoms with Crippen LogP contribution in [0.1, 0.15) is 12.8 Å². The molecule has 138 valence electrons. The monoisotopic (exact) mass is 382 g/mol. The Balaban J connectivity index is 1.47. The molecule has 4 heterocycles. The van der Waals surface area contributed by atoms with Gasteiger partial charge < -0.3 is 9.83 Å². The Hall–Kier alpha value is -2.77. The van der Waals surface area contributed by atoms with Gasteiger partial charge in [-0.05, 0) is 18.9 Å². The number of nitrogens with one attached hydrogen (secondary N) is 2. The molecule has 2 N–H and O–H groups in total. The molecule has 9 nitrogen and oxygen atoms in total. The summed E-state index contributed by atoms with van der Waals surface area (Å²) in [5.74, 6) is 0. The number of H-pyrrole nitrogens is 1. The van der Waals surface area contributed by atoms with Gasteiger partial charge in [-0.1, -0.05) is 0 Å². The minimum atomic E-state index is -2.73. The average molecular weight is 382 g/mol. The summed E-state index contributed by atoms with van der Waals surface area (Å²) in [5, 5.41) is 5.39. The summed E-state index contributed by atoms with van der Waals surface area (Å²) in [6.07, 6.45) is 8.68. The second-order valence-electron chi connectivity index (χ2n) is 7.24. The van der Waals surface area contributed by atoms with Crippen molar-refractivity contribution < 1.29 is 4.21 Å². The lowest BCUT2D eigenvalue weighted by Gasteiger charge is -2.47. The summed E-state index contributed by atoms with van der Waals surface area (Å²) < 4.78 is 24.4. The molecule has 2 fully saturated rings. The van der Waals surface area contributed by atoms with Crippen LogP contribution in [0.4, 0.5) is 0 Å². The van der Waals surface area contributed by atoms with E-state index in [0.29, 0.717) is 13.1 Å². The molecule has 3 aromatic heterocycles. The van der Waals surface area contributed by atoms with E-state index in [4.69, 9.17) is 11.4 Å². The molecule has 27 heavy (non-hydrogen) atoms. The smallest absolute Gasteiger partial charge is 0.242 e. The summed E-state index contributed by atoms with van der Waals surface area (Å²) in [5.41, 5.74) is 1.85. The van der Waals surface area contributed by atoms with Crippen LogP contribution in [-0.2, 0) is 15.5 Å². The van der Waals surface area contributed by atoms with Crippen molar-refractivity contribution in [1.82, 2.24) is 29.0 Å². The Morgan fingerprint density at radius 3 is 2.96 bits per heavy atom. The summed E-state index contributed by atoms with van der Waals surface area (Å²) in [6.45, 7) is 8.42. The Labute approximate surface area is 156 Å². The Morgan fingerprint density at radius 2 is 2.22 bits per heavy atom. The topological polar surface area (TPSA) is 108 Å². The maximum atomic E-state index is 12.7. The van der Waals surface area contributed by atoms with Gasteiger partial charge in [0.15, 0.2) is 5.54 Å². The maximum absolute atomic E-state index is 12.7. The van der Waals surface area contributed by atoms with Crippen LogP contribution >= 0.6 is 0 Å². The number of hydrogen-bond acceptors (Lipinski definition) is 5. The first-order valence-electron chi connectivity index (χ1n) is 8.73. The molecule has 0 aromatic carbocycles. The normalized spacial score (nSPS) is 21.4. The van der Waals surface area contributed by atoms with Crippen LogP contribution in [0.3, 0.4) is 0 Å². The highest BCUT2D eigenvalue weighted by atomic mass is 32.2. The largest absolute Gasteiger partial charge is 0.346 e. The van der Waals surface area contributed by atoms with Crippen LogP contribution in [0.25, 0.3) is 27.1 Å². The lowest BCUT2D eigenvalue weighted by atomic mass is 9.92. The van der Waals surface area contributed by atoms with Crippen molar-refractivity contribution >= 4 is 20.9 Å². The molecule has 3 aromatic rings. The highest BCUT2D eigenvalue weighted by Crippen LogP contribution is 2.39. The van der Waals surface area contributed by atoms with Gasteiger partial charge in [0.25, 0.3) is 0 Å². The first-order chi connectivity index (χ1) is 13.0. The zero-order valence-corrected chi connectivity index (χ0v) is 15.3. The van der Waals surface area contributed by atoms with Crippen molar-refractivity contribution in [2.24, 2.45) is 0 Å². The van der Waals surface area contributed by atoms with Crippen LogP contribution in [0.5, 0.6) is 0 Å². The molecule has 1 saturated heterocycles. The lowest BCUT2D eigenvalue weighted by Crippen LogP contribution is -2.65. The van der Waals surface area contributed by atoms with Gasteiger partial charge in [0.1, 0.15) is 21.9 Å². The fourth-order valence-corrected chi connectivity index (χ4v) is 5.73. The molecule has 0 radical (unpaired) electrons. The number of rotatable bonds is 5. The van der Waals surface area contributed by atoms with E-state index in [1.54, 1.807) is 15.2 Å². The molecule has 0 unspecified atom stereocenters. The van der Waals surface area contributed by atoms with Gasteiger partial charge in [0.05, 0.1) is 17.1 Å². The highest BCUT2D eigenvalue weighted by Gasteiger charge is 2.54. The summed E-state index contributed by atoms with van der Waals surface area (Å²) in [6, 6.07) is 1.92. The van der Waals surface area contributed by atoms with E-state index in [9.17, 15) is 4.21 Å². The fraction of sp³-hybridized carbons (Fsp3) is 0.412. The quantitative estimate of drug-likeness (QED) is 0.657. The molecule has 2 aliphatic rings. The van der Waals surface area contributed by atoms with Crippen molar-refractivity contribution in [3.05, 3.63) is 42.4 Å². The summed E-state index contributed by atoms with van der Waals surface area (Å²) >= 11 is 0. The van der Waals surface area contributed by atoms with Gasteiger partial charge in [0, 0.05) is 36.4 Å². The molecular formula is C17H18N8OS. The van der Waals surface area contributed by atoms with Crippen molar-refractivity contribution in [3.63, 3.8) is 0 Å². The van der Waals surface area contributed by atoms with Crippen molar-refractivity contribution in [3.8, 4) is 11.3 Å². The third kappa shape index (κ3) is 2.46. The third-order valence-corrected chi connectivity index (χ3v) is 7.77. The standard InChI is InChI=1S/C17H18N8OS/c1-19-8-17(9-24(10-17)27(18,26)13-2-3-13)25-7-12(6-23-25)15-14-4-5-20-16(14)22-11-21-15/h4-7,11,13,18H,2-3,8-10H2,(H,20,21,22)/t27-/m1/s1. The predicted molar refractivity (Wildman–Crippen MR) is 100 cm³/mol. The summed E-state index contributed by atoms with van der Waals surface area (Å²) in [7, 11) is -2.73. The zero-order chi connectivity index (χ0) is 18.6. The molecule has 1 aliphatic carbocycles. The molecule has 1 saturated carbocycles. The Morgan fingerprint density at radius 1 is 1.41 bits per heavy atom. The average Bonchev–Trinajstić information content (AvgIpc) is 3.19. The number of hydrogen-bond donors (Lipinski definition) is 2. The van der Waals surface area contributed by atoms with Crippen LogP contribution in [0.15, 0.2) is 31.0 Å². The van der Waals surface area contributed by atoms with E-state index < -0.39 is 15.5 Å². The van der Waals surface area contributed by atoms with E-state index in [-0.39, 0.29) is 11.8 Å². The van der Waals surface area contributed by atoms with E-state index in [1.165, 1.54) is 6.33 Å². The minimum absolute atomic E-state index is 0.0143. The maximum Gasteiger partial charge on any atom is 0.242 e. The number of aromatic nitrogens is 5. The van der Waals surface area contributed by atoms with Gasteiger partial charge >= 0.3 is 0 Å². The SMILES string of the molecule is [C-]#[N+]CC1(n2cc(-c3ncnc4[nH]ccc34)cn2)CN([S@@](=N)(=O)C2CC2)C1. The van der Waals surface area contributed by atoms with E-state index >= 15 is 0 Å². The third-order valence-electron chi connectivity index (χ3n) is 5.37. The first kappa shape index (κ1) is 16.4. The first-order valence-corrected chi connectivity index (χ1v) is 10.3. The van der Waals surface area contributed by atoms with E-state index in [2.05, 4.69) is 24.9 Å². The highest BCUT2D eigenvalue weighted by molar-refractivity contribution is 7.91. The predicted octanol–water partition coefficient (Wildman–Crippen LogP) is 1.88. The summed E-state index contributed by atoms with van der Waals surface area (Å²) in [4.78, 5) is 15.3. The van der Waals surface area contributed by atoms with Crippen molar-refractivity contribution in [2.45, 2.75) is 23.6 Å². The lowest BCUT2D eigenvalue weighted by molar-refractivity contribution is 0.0862. The van der Waals surface area contributed by atoms with Gasteiger partial charge in [-0.3, -0.25) is 4.68 Å². The van der Waals surface area contributed by atoms with Gasteiger partial charge in [-0.25, -0.2) is 29.8 Å². The number of nitrogens with zero attached hydrogens (tertiary/aromatic N) is 6. The van der Waals surface area contributed by atoms with Crippen LogP contribution in [-0.4, -0.2) is 58.1 Å². The van der Waals surface area contributed by atoms with Crippen LogP contribution in [0.2, 0.25) is 0 Å². The van der Waals surface area contributed by atoms with Crippen LogP contribution < -0.4 is 0 Å². The molecule has 0 spiro atoms. The zero-order valence-electron chi connectivity index (χ0n) is 14.5. The molecule has 5 rings (SSSR count). The van der Waals surface area contributed by atoms with E-state index in [0.717, 1.165) is 35.1 Å². The Kier molecular flexibility index (Phi) is 3.41. The second kappa shape index (κ2) is 5.61. The second-order valence-corrected chi connectivity index (χ2v) is 9.56. The molecule has 0 bridgehead atoms. The molecule has 1 aliphatic heterocycles.